The van der Waals surface area contributed by atoms with Crippen LogP contribution in [0.25, 0.3) is 0 Å². The van der Waals surface area contributed by atoms with Crippen LogP contribution in [0.15, 0.2) is 23.1 Å². The van der Waals surface area contributed by atoms with E-state index in [4.69, 9.17) is 10.5 Å². The molecule has 8 heteroatoms. The summed E-state index contributed by atoms with van der Waals surface area (Å²) in [6, 6.07) is 3.35. The van der Waals surface area contributed by atoms with E-state index in [0.717, 1.165) is 6.07 Å². The molecule has 2 rings (SSSR count). The Morgan fingerprint density at radius 1 is 1.43 bits per heavy atom. The zero-order chi connectivity index (χ0) is 15.6. The molecule has 0 spiro atoms. The molecule has 2 N–H and O–H groups in total. The molecule has 1 unspecified atom stereocenters. The number of methoxy groups -OCH3 is 1. The summed E-state index contributed by atoms with van der Waals surface area (Å²) in [5, 5.41) is 0. The van der Waals surface area contributed by atoms with Gasteiger partial charge in [0.15, 0.2) is 11.6 Å². The molecule has 1 aromatic carbocycles. The lowest BCUT2D eigenvalue weighted by Gasteiger charge is -2.38. The third kappa shape index (κ3) is 3.18. The number of sulfonamides is 1. The predicted octanol–water partition coefficient (Wildman–Crippen LogP) is 0.0977. The van der Waals surface area contributed by atoms with E-state index in [2.05, 4.69) is 0 Å². The van der Waals surface area contributed by atoms with Gasteiger partial charge in [0, 0.05) is 26.2 Å². The van der Waals surface area contributed by atoms with E-state index in [0.29, 0.717) is 19.6 Å². The van der Waals surface area contributed by atoms with Crippen LogP contribution in [-0.2, 0) is 10.0 Å². The number of benzene rings is 1. The fraction of sp³-hybridized carbons (Fsp3) is 0.538. The van der Waals surface area contributed by atoms with Crippen molar-refractivity contribution in [2.45, 2.75) is 10.9 Å². The van der Waals surface area contributed by atoms with E-state index in [1.165, 1.54) is 23.5 Å². The van der Waals surface area contributed by atoms with E-state index in [-0.39, 0.29) is 23.2 Å². The van der Waals surface area contributed by atoms with Crippen molar-refractivity contribution >= 4 is 10.0 Å². The number of piperazine rings is 1. The third-order valence-corrected chi connectivity index (χ3v) is 5.58. The van der Waals surface area contributed by atoms with Gasteiger partial charge in [-0.25, -0.2) is 12.8 Å². The van der Waals surface area contributed by atoms with Gasteiger partial charge in [-0.2, -0.15) is 4.31 Å². The number of halogens is 1. The Labute approximate surface area is 124 Å². The van der Waals surface area contributed by atoms with Gasteiger partial charge < -0.3 is 15.4 Å². The number of hydrogen-bond donors (Lipinski definition) is 1. The predicted molar refractivity (Wildman–Crippen MR) is 77.2 cm³/mol. The molecular weight excluding hydrogens is 297 g/mol. The second-order valence-corrected chi connectivity index (χ2v) is 6.95. The van der Waals surface area contributed by atoms with Gasteiger partial charge >= 0.3 is 0 Å². The van der Waals surface area contributed by atoms with Crippen molar-refractivity contribution in [1.82, 2.24) is 9.21 Å². The average molecular weight is 317 g/mol. The SMILES string of the molecule is COc1ccc(S(=O)(=O)N2CCN(C)CC2CN)cc1F. The summed E-state index contributed by atoms with van der Waals surface area (Å²) in [5.41, 5.74) is 5.68. The monoisotopic (exact) mass is 317 g/mol. The first-order valence-corrected chi connectivity index (χ1v) is 8.08. The van der Waals surface area contributed by atoms with Gasteiger partial charge in [0.25, 0.3) is 0 Å². The maximum Gasteiger partial charge on any atom is 0.243 e. The summed E-state index contributed by atoms with van der Waals surface area (Å²) < 4.78 is 45.2. The summed E-state index contributed by atoms with van der Waals surface area (Å²) in [4.78, 5) is 1.95. The lowest BCUT2D eigenvalue weighted by atomic mass is 10.2. The summed E-state index contributed by atoms with van der Waals surface area (Å²) in [6.45, 7) is 1.75. The van der Waals surface area contributed by atoms with Gasteiger partial charge in [-0.1, -0.05) is 0 Å². The topological polar surface area (TPSA) is 75.9 Å². The van der Waals surface area contributed by atoms with Gasteiger partial charge in [0.1, 0.15) is 0 Å². The third-order valence-electron chi connectivity index (χ3n) is 3.63. The van der Waals surface area contributed by atoms with Crippen LogP contribution in [0.3, 0.4) is 0 Å². The van der Waals surface area contributed by atoms with Crippen molar-refractivity contribution in [2.24, 2.45) is 5.73 Å². The molecule has 1 heterocycles. The number of hydrogen-bond acceptors (Lipinski definition) is 5. The van der Waals surface area contributed by atoms with E-state index >= 15 is 0 Å². The fourth-order valence-electron chi connectivity index (χ4n) is 2.45. The molecule has 1 aliphatic heterocycles. The van der Waals surface area contributed by atoms with Crippen LogP contribution in [0.4, 0.5) is 4.39 Å². The van der Waals surface area contributed by atoms with Crippen molar-refractivity contribution in [3.63, 3.8) is 0 Å². The summed E-state index contributed by atoms with van der Waals surface area (Å²) >= 11 is 0. The second kappa shape index (κ2) is 6.27. The normalized spacial score (nSPS) is 21.4. The van der Waals surface area contributed by atoms with Gasteiger partial charge in [0.2, 0.25) is 10.0 Å². The van der Waals surface area contributed by atoms with E-state index in [9.17, 15) is 12.8 Å². The standard InChI is InChI=1S/C13H20FN3O3S/c1-16-5-6-17(10(8-15)9-16)21(18,19)11-3-4-13(20-2)12(14)7-11/h3-4,7,10H,5-6,8-9,15H2,1-2H3. The minimum atomic E-state index is -3.76. The molecule has 1 aliphatic rings. The zero-order valence-electron chi connectivity index (χ0n) is 12.1. The molecular formula is C13H20FN3O3S. The molecule has 118 valence electrons. The number of likely N-dealkylation sites (N-methyl/N-ethyl adjacent to an activating group) is 1. The Balaban J connectivity index is 2.34. The van der Waals surface area contributed by atoms with E-state index in [1.54, 1.807) is 0 Å². The number of nitrogens with zero attached hydrogens (tertiary/aromatic N) is 2. The molecule has 21 heavy (non-hydrogen) atoms. The maximum atomic E-state index is 13.7. The number of ether oxygens (including phenoxy) is 1. The van der Waals surface area contributed by atoms with Crippen LogP contribution < -0.4 is 10.5 Å². The van der Waals surface area contributed by atoms with Crippen LogP contribution in [0, 0.1) is 5.82 Å². The Morgan fingerprint density at radius 2 is 2.14 bits per heavy atom. The molecule has 1 fully saturated rings. The Morgan fingerprint density at radius 3 is 2.71 bits per heavy atom. The first-order valence-electron chi connectivity index (χ1n) is 6.64. The van der Waals surface area contributed by atoms with Crippen LogP contribution in [0.5, 0.6) is 5.75 Å². The Bertz CT molecular complexity index is 609. The molecule has 0 aromatic heterocycles. The van der Waals surface area contributed by atoms with Crippen molar-refractivity contribution in [3.8, 4) is 5.75 Å². The van der Waals surface area contributed by atoms with Crippen molar-refractivity contribution in [2.75, 3.05) is 40.3 Å². The highest BCUT2D eigenvalue weighted by Crippen LogP contribution is 2.25. The minimum Gasteiger partial charge on any atom is -0.494 e. The van der Waals surface area contributed by atoms with Gasteiger partial charge in [-0.3, -0.25) is 0 Å². The molecule has 1 saturated heterocycles. The van der Waals surface area contributed by atoms with E-state index in [1.807, 2.05) is 11.9 Å². The first-order chi connectivity index (χ1) is 9.90. The largest absolute Gasteiger partial charge is 0.494 e. The smallest absolute Gasteiger partial charge is 0.243 e. The van der Waals surface area contributed by atoms with Crippen molar-refractivity contribution in [3.05, 3.63) is 24.0 Å². The van der Waals surface area contributed by atoms with Crippen molar-refractivity contribution < 1.29 is 17.5 Å². The second-order valence-electron chi connectivity index (χ2n) is 5.06. The lowest BCUT2D eigenvalue weighted by Crippen LogP contribution is -2.56. The summed E-state index contributed by atoms with van der Waals surface area (Å²) in [7, 11) is -0.516. The molecule has 1 atom stereocenters. The van der Waals surface area contributed by atoms with Gasteiger partial charge in [-0.15, -0.1) is 0 Å². The lowest BCUT2D eigenvalue weighted by molar-refractivity contribution is 0.164. The van der Waals surface area contributed by atoms with Crippen LogP contribution in [-0.4, -0.2) is 64.0 Å². The molecule has 0 amide bonds. The van der Waals surface area contributed by atoms with E-state index < -0.39 is 15.8 Å². The van der Waals surface area contributed by atoms with Crippen LogP contribution in [0.1, 0.15) is 0 Å². The van der Waals surface area contributed by atoms with Crippen LogP contribution in [0.2, 0.25) is 0 Å². The minimum absolute atomic E-state index is 0.0164. The molecule has 6 nitrogen and oxygen atoms in total. The molecule has 0 saturated carbocycles. The van der Waals surface area contributed by atoms with Gasteiger partial charge in [-0.05, 0) is 25.2 Å². The quantitative estimate of drug-likeness (QED) is 0.852. The summed E-state index contributed by atoms with van der Waals surface area (Å²) in [6.07, 6.45) is 0. The molecule has 0 bridgehead atoms. The average Bonchev–Trinajstić information content (AvgIpc) is 2.46. The maximum absolute atomic E-state index is 13.7. The highest BCUT2D eigenvalue weighted by atomic mass is 32.2. The van der Waals surface area contributed by atoms with Crippen molar-refractivity contribution in [1.29, 1.82) is 0 Å². The molecule has 1 aromatic rings. The Kier molecular flexibility index (Phi) is 4.82. The zero-order valence-corrected chi connectivity index (χ0v) is 12.9. The van der Waals surface area contributed by atoms with Gasteiger partial charge in [0.05, 0.1) is 18.0 Å². The van der Waals surface area contributed by atoms with Crippen LogP contribution >= 0.6 is 0 Å². The Hall–Kier alpha value is -1.22. The number of nitrogens with two attached hydrogens (primary N) is 1. The summed E-state index contributed by atoms with van der Waals surface area (Å²) in [5.74, 6) is -0.681. The molecule has 0 aliphatic carbocycles. The molecule has 0 radical (unpaired) electrons. The highest BCUT2D eigenvalue weighted by molar-refractivity contribution is 7.89. The fourth-order valence-corrected chi connectivity index (χ4v) is 4.08. The number of rotatable bonds is 4. The first kappa shape index (κ1) is 16.2. The highest BCUT2D eigenvalue weighted by Gasteiger charge is 2.34.